The zero-order valence-electron chi connectivity index (χ0n) is 12.0. The van der Waals surface area contributed by atoms with Gasteiger partial charge in [-0.15, -0.1) is 0 Å². The van der Waals surface area contributed by atoms with Crippen molar-refractivity contribution in [3.05, 3.63) is 48.0 Å². The highest BCUT2D eigenvalue weighted by Crippen LogP contribution is 2.72. The second-order valence-electron chi connectivity index (χ2n) is 7.32. The van der Waals surface area contributed by atoms with Gasteiger partial charge in [0.05, 0.1) is 6.10 Å². The van der Waals surface area contributed by atoms with E-state index in [9.17, 15) is 0 Å². The number of ether oxygens (including phenoxy) is 1. The lowest BCUT2D eigenvalue weighted by Gasteiger charge is -2.47. The molecular formula is C19H22O. The van der Waals surface area contributed by atoms with E-state index in [1.807, 2.05) is 7.11 Å². The van der Waals surface area contributed by atoms with Gasteiger partial charge < -0.3 is 4.74 Å². The molecule has 4 aliphatic rings. The molecule has 7 atom stereocenters. The molecule has 0 radical (unpaired) electrons. The van der Waals surface area contributed by atoms with Gasteiger partial charge in [0.15, 0.2) is 0 Å². The van der Waals surface area contributed by atoms with Crippen molar-refractivity contribution >= 4 is 0 Å². The van der Waals surface area contributed by atoms with E-state index in [1.54, 1.807) is 5.56 Å². The predicted molar refractivity (Wildman–Crippen MR) is 79.4 cm³/mol. The lowest BCUT2D eigenvalue weighted by molar-refractivity contribution is -0.00109. The summed E-state index contributed by atoms with van der Waals surface area (Å²) in [5.41, 5.74) is 2.06. The summed E-state index contributed by atoms with van der Waals surface area (Å²) in [5, 5.41) is 0. The largest absolute Gasteiger partial charge is 0.381 e. The van der Waals surface area contributed by atoms with Gasteiger partial charge in [-0.3, -0.25) is 0 Å². The van der Waals surface area contributed by atoms with Crippen LogP contribution in [-0.2, 0) is 10.2 Å². The number of rotatable bonds is 2. The average Bonchev–Trinajstić information content (AvgIpc) is 3.25. The molecule has 4 bridgehead atoms. The van der Waals surface area contributed by atoms with Crippen LogP contribution in [0.1, 0.15) is 24.8 Å². The fourth-order valence-electron chi connectivity index (χ4n) is 6.64. The van der Waals surface area contributed by atoms with E-state index >= 15 is 0 Å². The van der Waals surface area contributed by atoms with Crippen molar-refractivity contribution < 1.29 is 4.74 Å². The Hall–Kier alpha value is -1.08. The van der Waals surface area contributed by atoms with Crippen LogP contribution in [0.2, 0.25) is 0 Å². The molecule has 1 aromatic rings. The SMILES string of the molecule is COC1CC2CC1C1C3C=CC(C3)C21c1ccccc1. The van der Waals surface area contributed by atoms with E-state index in [0.29, 0.717) is 11.5 Å². The van der Waals surface area contributed by atoms with E-state index in [1.165, 1.54) is 19.3 Å². The second kappa shape index (κ2) is 3.76. The summed E-state index contributed by atoms with van der Waals surface area (Å²) in [4.78, 5) is 0. The minimum absolute atomic E-state index is 0.445. The number of allylic oxidation sites excluding steroid dienone is 2. The van der Waals surface area contributed by atoms with Crippen LogP contribution in [0.4, 0.5) is 0 Å². The summed E-state index contributed by atoms with van der Waals surface area (Å²) in [6.45, 7) is 0. The van der Waals surface area contributed by atoms with Crippen LogP contribution in [0, 0.1) is 29.6 Å². The van der Waals surface area contributed by atoms with Gasteiger partial charge in [0.25, 0.3) is 0 Å². The van der Waals surface area contributed by atoms with E-state index in [0.717, 1.165) is 29.6 Å². The molecule has 0 N–H and O–H groups in total. The first kappa shape index (κ1) is 11.6. The second-order valence-corrected chi connectivity index (χ2v) is 7.32. The lowest BCUT2D eigenvalue weighted by atomic mass is 9.57. The first-order chi connectivity index (χ1) is 9.85. The summed E-state index contributed by atoms with van der Waals surface area (Å²) in [7, 11) is 1.92. The van der Waals surface area contributed by atoms with Crippen molar-refractivity contribution in [2.24, 2.45) is 29.6 Å². The molecule has 5 rings (SSSR count). The Morgan fingerprint density at radius 1 is 1.05 bits per heavy atom. The number of hydrogen-bond donors (Lipinski definition) is 0. The lowest BCUT2D eigenvalue weighted by Crippen LogP contribution is -2.47. The van der Waals surface area contributed by atoms with Gasteiger partial charge in [0, 0.05) is 12.5 Å². The molecule has 0 saturated heterocycles. The molecule has 0 aliphatic heterocycles. The molecule has 4 aliphatic carbocycles. The van der Waals surface area contributed by atoms with Crippen LogP contribution in [0.15, 0.2) is 42.5 Å². The molecule has 1 aromatic carbocycles. The standard InChI is InChI=1S/C19H22O/c1-20-17-11-15-10-16(17)18-12-7-8-14(9-12)19(15,18)13-5-3-2-4-6-13/h2-8,12,14-18H,9-11H2,1H3. The zero-order chi connectivity index (χ0) is 13.3. The number of benzene rings is 1. The maximum absolute atomic E-state index is 5.82. The summed E-state index contributed by atoms with van der Waals surface area (Å²) in [5.74, 6) is 4.07. The fourth-order valence-corrected chi connectivity index (χ4v) is 6.64. The van der Waals surface area contributed by atoms with E-state index < -0.39 is 0 Å². The summed E-state index contributed by atoms with van der Waals surface area (Å²) in [6, 6.07) is 11.4. The Balaban J connectivity index is 1.69. The van der Waals surface area contributed by atoms with Crippen LogP contribution < -0.4 is 0 Å². The quantitative estimate of drug-likeness (QED) is 0.584. The topological polar surface area (TPSA) is 9.23 Å². The minimum atomic E-state index is 0.445. The highest BCUT2D eigenvalue weighted by Gasteiger charge is 2.70. The molecule has 7 unspecified atom stereocenters. The van der Waals surface area contributed by atoms with Gasteiger partial charge in [-0.25, -0.2) is 0 Å². The molecule has 3 saturated carbocycles. The molecular weight excluding hydrogens is 244 g/mol. The third-order valence-electron chi connectivity index (χ3n) is 7.01. The molecule has 0 spiro atoms. The van der Waals surface area contributed by atoms with Crippen LogP contribution in [-0.4, -0.2) is 13.2 Å². The van der Waals surface area contributed by atoms with Gasteiger partial charge in [0.1, 0.15) is 0 Å². The van der Waals surface area contributed by atoms with Gasteiger partial charge >= 0.3 is 0 Å². The van der Waals surface area contributed by atoms with Gasteiger partial charge in [0.2, 0.25) is 0 Å². The maximum Gasteiger partial charge on any atom is 0.0605 e. The molecule has 104 valence electrons. The number of hydrogen-bond acceptors (Lipinski definition) is 1. The minimum Gasteiger partial charge on any atom is -0.381 e. The van der Waals surface area contributed by atoms with Crippen molar-refractivity contribution in [3.63, 3.8) is 0 Å². The maximum atomic E-state index is 5.82. The smallest absolute Gasteiger partial charge is 0.0605 e. The van der Waals surface area contributed by atoms with E-state index in [2.05, 4.69) is 42.5 Å². The Labute approximate surface area is 121 Å². The van der Waals surface area contributed by atoms with Crippen molar-refractivity contribution in [2.45, 2.75) is 30.8 Å². The molecule has 0 aromatic heterocycles. The molecule has 20 heavy (non-hydrogen) atoms. The highest BCUT2D eigenvalue weighted by molar-refractivity contribution is 5.41. The molecule has 0 heterocycles. The Kier molecular flexibility index (Phi) is 2.18. The normalized spacial score (nSPS) is 50.9. The third-order valence-corrected chi connectivity index (χ3v) is 7.01. The van der Waals surface area contributed by atoms with E-state index in [4.69, 9.17) is 4.74 Å². The molecule has 1 heteroatoms. The van der Waals surface area contributed by atoms with Crippen LogP contribution in [0.3, 0.4) is 0 Å². The molecule has 0 amide bonds. The van der Waals surface area contributed by atoms with Crippen molar-refractivity contribution in [1.82, 2.24) is 0 Å². The van der Waals surface area contributed by atoms with Crippen LogP contribution >= 0.6 is 0 Å². The van der Waals surface area contributed by atoms with Crippen molar-refractivity contribution in [2.75, 3.05) is 7.11 Å². The fraction of sp³-hybridized carbons (Fsp3) is 0.579. The zero-order valence-corrected chi connectivity index (χ0v) is 12.0. The molecule has 3 fully saturated rings. The number of methoxy groups -OCH3 is 1. The average molecular weight is 266 g/mol. The number of fused-ring (bicyclic) bond motifs is 9. The molecule has 1 nitrogen and oxygen atoms in total. The highest BCUT2D eigenvalue weighted by atomic mass is 16.5. The van der Waals surface area contributed by atoms with Gasteiger partial charge in [-0.2, -0.15) is 0 Å². The summed E-state index contributed by atoms with van der Waals surface area (Å²) >= 11 is 0. The van der Waals surface area contributed by atoms with Crippen LogP contribution in [0.25, 0.3) is 0 Å². The Bertz CT molecular complexity index is 562. The third kappa shape index (κ3) is 1.12. The predicted octanol–water partition coefficient (Wildman–Crippen LogP) is 3.80. The van der Waals surface area contributed by atoms with Crippen LogP contribution in [0.5, 0.6) is 0 Å². The Morgan fingerprint density at radius 3 is 2.70 bits per heavy atom. The first-order valence-electron chi connectivity index (χ1n) is 8.12. The summed E-state index contributed by atoms with van der Waals surface area (Å²) in [6.07, 6.45) is 9.65. The van der Waals surface area contributed by atoms with Crippen molar-refractivity contribution in [1.29, 1.82) is 0 Å². The van der Waals surface area contributed by atoms with Gasteiger partial charge in [-0.1, -0.05) is 42.5 Å². The first-order valence-corrected chi connectivity index (χ1v) is 8.12. The Morgan fingerprint density at radius 2 is 1.90 bits per heavy atom. The van der Waals surface area contributed by atoms with Crippen molar-refractivity contribution in [3.8, 4) is 0 Å². The van der Waals surface area contributed by atoms with E-state index in [-0.39, 0.29) is 0 Å². The monoisotopic (exact) mass is 266 g/mol. The summed E-state index contributed by atoms with van der Waals surface area (Å²) < 4.78 is 5.82. The van der Waals surface area contributed by atoms with Gasteiger partial charge in [-0.05, 0) is 54.4 Å².